The van der Waals surface area contributed by atoms with E-state index in [0.717, 1.165) is 0 Å². The molecule has 3 heterocycles. The average Bonchev–Trinajstić information content (AvgIpc) is 3.37. The normalized spacial score (nSPS) is 8.00. The number of thiazole rings is 1. The molecule has 1 aromatic carbocycles. The molecule has 0 saturated heterocycles. The highest BCUT2D eigenvalue weighted by atomic mass is 32.1. The fraction of sp³-hybridized carbons (Fsp3) is 0. The van der Waals surface area contributed by atoms with E-state index in [4.69, 9.17) is 0 Å². The molecule has 0 spiro atoms. The van der Waals surface area contributed by atoms with E-state index < -0.39 is 0 Å². The Morgan fingerprint density at radius 3 is 1.14 bits per heavy atom. The molecule has 0 atom stereocenters. The van der Waals surface area contributed by atoms with Crippen LogP contribution >= 0.6 is 22.7 Å². The number of aromatic nitrogens is 2. The Labute approximate surface area is 139 Å². The Morgan fingerprint density at radius 2 is 0.955 bits per heavy atom. The van der Waals surface area contributed by atoms with Gasteiger partial charge >= 0.3 is 0 Å². The lowest BCUT2D eigenvalue weighted by atomic mass is 10.4. The van der Waals surface area contributed by atoms with Crippen molar-refractivity contribution in [2.45, 2.75) is 0 Å². The van der Waals surface area contributed by atoms with Crippen LogP contribution in [0, 0.1) is 0 Å². The maximum Gasteiger partial charge on any atom is 0.0791 e. The first kappa shape index (κ1) is 17.8. The molecular formula is C18H18N2S2. The lowest BCUT2D eigenvalue weighted by Gasteiger charge is -1.70. The van der Waals surface area contributed by atoms with E-state index in [9.17, 15) is 0 Å². The molecule has 22 heavy (non-hydrogen) atoms. The second-order valence-electron chi connectivity index (χ2n) is 3.65. The second kappa shape index (κ2) is 15.1. The van der Waals surface area contributed by atoms with E-state index in [-0.39, 0.29) is 0 Å². The third-order valence-corrected chi connectivity index (χ3v) is 3.16. The van der Waals surface area contributed by atoms with Crippen LogP contribution in [0.1, 0.15) is 0 Å². The Hall–Kier alpha value is -2.30. The van der Waals surface area contributed by atoms with Crippen molar-refractivity contribution >= 4 is 22.7 Å². The molecule has 0 radical (unpaired) electrons. The molecule has 0 fully saturated rings. The van der Waals surface area contributed by atoms with Crippen molar-refractivity contribution in [1.82, 2.24) is 9.97 Å². The largest absolute Gasteiger partial charge is 0.265 e. The molecule has 2 nitrogen and oxygen atoms in total. The second-order valence-corrected chi connectivity index (χ2v) is 5.22. The molecule has 112 valence electrons. The third kappa shape index (κ3) is 12.7. The minimum Gasteiger partial charge on any atom is -0.265 e. The van der Waals surface area contributed by atoms with Gasteiger partial charge in [0.15, 0.2) is 0 Å². The van der Waals surface area contributed by atoms with E-state index in [1.54, 1.807) is 46.8 Å². The molecule has 0 aliphatic rings. The van der Waals surface area contributed by atoms with E-state index in [0.29, 0.717) is 0 Å². The summed E-state index contributed by atoms with van der Waals surface area (Å²) in [5, 5.41) is 6.01. The van der Waals surface area contributed by atoms with Crippen molar-refractivity contribution in [2.24, 2.45) is 0 Å². The van der Waals surface area contributed by atoms with Gasteiger partial charge in [-0.25, -0.2) is 0 Å². The van der Waals surface area contributed by atoms with E-state index in [2.05, 4.69) is 9.97 Å². The highest BCUT2D eigenvalue weighted by Crippen LogP contribution is 1.91. The van der Waals surface area contributed by atoms with Crippen LogP contribution in [0.5, 0.6) is 0 Å². The van der Waals surface area contributed by atoms with Crippen LogP contribution in [-0.4, -0.2) is 9.97 Å². The van der Waals surface area contributed by atoms with Crippen molar-refractivity contribution in [2.75, 3.05) is 0 Å². The Morgan fingerprint density at radius 1 is 0.409 bits per heavy atom. The zero-order valence-electron chi connectivity index (χ0n) is 12.1. The number of hydrogen-bond donors (Lipinski definition) is 0. The number of thiophene rings is 1. The summed E-state index contributed by atoms with van der Waals surface area (Å²) < 4.78 is 0. The summed E-state index contributed by atoms with van der Waals surface area (Å²) in [6.07, 6.45) is 5.27. The van der Waals surface area contributed by atoms with Gasteiger partial charge in [-0.2, -0.15) is 11.3 Å². The van der Waals surface area contributed by atoms with Gasteiger partial charge in [-0.05, 0) is 22.9 Å². The van der Waals surface area contributed by atoms with Gasteiger partial charge < -0.3 is 0 Å². The zero-order valence-corrected chi connectivity index (χ0v) is 13.7. The van der Waals surface area contributed by atoms with Crippen LogP contribution < -0.4 is 0 Å². The molecule has 0 amide bonds. The molecule has 0 bridgehead atoms. The summed E-state index contributed by atoms with van der Waals surface area (Å²) in [5.41, 5.74) is 1.79. The van der Waals surface area contributed by atoms with Crippen LogP contribution in [0.3, 0.4) is 0 Å². The summed E-state index contributed by atoms with van der Waals surface area (Å²) >= 11 is 3.31. The van der Waals surface area contributed by atoms with Crippen molar-refractivity contribution in [3.05, 3.63) is 107 Å². The fourth-order valence-corrected chi connectivity index (χ4v) is 1.90. The Kier molecular flexibility index (Phi) is 12.2. The smallest absolute Gasteiger partial charge is 0.0791 e. The molecule has 0 aliphatic heterocycles. The predicted octanol–water partition coefficient (Wildman–Crippen LogP) is 5.66. The molecule has 0 unspecified atom stereocenters. The summed E-state index contributed by atoms with van der Waals surface area (Å²) in [7, 11) is 0. The molecule has 0 saturated carbocycles. The highest BCUT2D eigenvalue weighted by molar-refractivity contribution is 7.07. The standard InChI is InChI=1S/C6H6.C5H5N.C4H4S.C3H3NS/c2*1-2-4-6-5-3-1;1-2-4-5-3-1;1-2-5-3-4-1/h1-6H;1-5H;1-4H;1-3H. The van der Waals surface area contributed by atoms with Gasteiger partial charge in [0.25, 0.3) is 0 Å². The van der Waals surface area contributed by atoms with Crippen LogP contribution in [-0.2, 0) is 0 Å². The van der Waals surface area contributed by atoms with Crippen molar-refractivity contribution in [1.29, 1.82) is 0 Å². The van der Waals surface area contributed by atoms with Crippen molar-refractivity contribution in [3.63, 3.8) is 0 Å². The van der Waals surface area contributed by atoms with Crippen LogP contribution in [0.15, 0.2) is 107 Å². The van der Waals surface area contributed by atoms with E-state index in [1.165, 1.54) is 0 Å². The summed E-state index contributed by atoms with van der Waals surface area (Å²) in [6.45, 7) is 0. The van der Waals surface area contributed by atoms with E-state index >= 15 is 0 Å². The van der Waals surface area contributed by atoms with Gasteiger partial charge in [-0.1, -0.05) is 54.6 Å². The number of benzene rings is 1. The van der Waals surface area contributed by atoms with Gasteiger partial charge in [-0.15, -0.1) is 11.3 Å². The van der Waals surface area contributed by atoms with Gasteiger partial charge in [-0.3, -0.25) is 9.97 Å². The predicted molar refractivity (Wildman–Crippen MR) is 97.1 cm³/mol. The number of rotatable bonds is 0. The van der Waals surface area contributed by atoms with Gasteiger partial charge in [0.05, 0.1) is 5.51 Å². The first-order valence-electron chi connectivity index (χ1n) is 6.64. The Balaban J connectivity index is 0.000000147. The maximum absolute atomic E-state index is 3.78. The SMILES string of the molecule is c1ccccc1.c1ccncc1.c1ccsc1.c1cscn1. The minimum absolute atomic E-state index is 1.60. The number of hydrogen-bond acceptors (Lipinski definition) is 4. The molecule has 4 aromatic rings. The summed E-state index contributed by atoms with van der Waals surface area (Å²) in [5.74, 6) is 0. The first-order valence-corrected chi connectivity index (χ1v) is 8.53. The van der Waals surface area contributed by atoms with E-state index in [1.807, 2.05) is 82.9 Å². The highest BCUT2D eigenvalue weighted by Gasteiger charge is 1.60. The average molecular weight is 326 g/mol. The summed E-state index contributed by atoms with van der Waals surface area (Å²) in [4.78, 5) is 7.53. The zero-order chi connectivity index (χ0) is 15.6. The van der Waals surface area contributed by atoms with Gasteiger partial charge in [0, 0.05) is 24.0 Å². The minimum atomic E-state index is 1.60. The summed E-state index contributed by atoms with van der Waals surface area (Å²) in [6, 6.07) is 21.8. The van der Waals surface area contributed by atoms with Crippen molar-refractivity contribution in [3.8, 4) is 0 Å². The van der Waals surface area contributed by atoms with Gasteiger partial charge in [0.1, 0.15) is 0 Å². The lowest BCUT2D eigenvalue weighted by Crippen LogP contribution is -1.58. The lowest BCUT2D eigenvalue weighted by molar-refractivity contribution is 1.33. The number of nitrogens with zero attached hydrogens (tertiary/aromatic N) is 2. The topological polar surface area (TPSA) is 25.8 Å². The van der Waals surface area contributed by atoms with Crippen LogP contribution in [0.4, 0.5) is 0 Å². The van der Waals surface area contributed by atoms with Crippen LogP contribution in [0.2, 0.25) is 0 Å². The quantitative estimate of drug-likeness (QED) is 0.417. The molecule has 4 heteroatoms. The van der Waals surface area contributed by atoms with Gasteiger partial charge in [0.2, 0.25) is 0 Å². The fourth-order valence-electron chi connectivity index (χ4n) is 1.10. The molecule has 3 aromatic heterocycles. The molecular weight excluding hydrogens is 308 g/mol. The Bertz CT molecular complexity index is 449. The monoisotopic (exact) mass is 326 g/mol. The number of pyridine rings is 1. The molecule has 4 rings (SSSR count). The first-order chi connectivity index (χ1) is 11.0. The van der Waals surface area contributed by atoms with Crippen molar-refractivity contribution < 1.29 is 0 Å². The molecule has 0 N–H and O–H groups in total. The van der Waals surface area contributed by atoms with Crippen LogP contribution in [0.25, 0.3) is 0 Å². The molecule has 0 aliphatic carbocycles. The maximum atomic E-state index is 3.78. The third-order valence-electron chi connectivity index (χ3n) is 2.01.